The van der Waals surface area contributed by atoms with Crippen molar-refractivity contribution in [2.24, 2.45) is 0 Å². The summed E-state index contributed by atoms with van der Waals surface area (Å²) in [4.78, 5) is 10.3. The Morgan fingerprint density at radius 2 is 1.89 bits per heavy atom. The van der Waals surface area contributed by atoms with Crippen molar-refractivity contribution < 1.29 is 0 Å². The fourth-order valence-electron chi connectivity index (χ4n) is 1.89. The highest BCUT2D eigenvalue weighted by atomic mass is 15.1. The number of hydrogen-bond acceptors (Lipinski definition) is 5. The maximum Gasteiger partial charge on any atom is 0.221 e. The van der Waals surface area contributed by atoms with Crippen LogP contribution in [0.3, 0.4) is 0 Å². The van der Waals surface area contributed by atoms with E-state index in [1.165, 1.54) is 11.3 Å². The van der Waals surface area contributed by atoms with Crippen LogP contribution >= 0.6 is 0 Å². The minimum atomic E-state index is 0.271. The van der Waals surface area contributed by atoms with E-state index in [-0.39, 0.29) is 5.95 Å². The predicted octanol–water partition coefficient (Wildman–Crippen LogP) is 2.49. The summed E-state index contributed by atoms with van der Waals surface area (Å²) in [5.74, 6) is 1.01. The average Bonchev–Trinajstić information content (AvgIpc) is 2.36. The molecule has 0 saturated heterocycles. The lowest BCUT2D eigenvalue weighted by Gasteiger charge is -2.17. The van der Waals surface area contributed by atoms with Crippen LogP contribution in [-0.2, 0) is 0 Å². The molecule has 2 aromatic rings. The van der Waals surface area contributed by atoms with Crippen LogP contribution < -0.4 is 16.0 Å². The molecular weight excluding hydrogens is 238 g/mol. The summed E-state index contributed by atoms with van der Waals surface area (Å²) >= 11 is 0. The smallest absolute Gasteiger partial charge is 0.221 e. The summed E-state index contributed by atoms with van der Waals surface area (Å²) in [6.45, 7) is 4.04. The third-order valence-electron chi connectivity index (χ3n) is 2.94. The van der Waals surface area contributed by atoms with Gasteiger partial charge in [0.2, 0.25) is 5.95 Å². The van der Waals surface area contributed by atoms with Crippen molar-refractivity contribution in [2.45, 2.75) is 13.8 Å². The molecule has 0 bridgehead atoms. The topological polar surface area (TPSA) is 67.1 Å². The predicted molar refractivity (Wildman–Crippen MR) is 80.0 cm³/mol. The molecule has 0 unspecified atom stereocenters. The van der Waals surface area contributed by atoms with E-state index in [0.717, 1.165) is 17.1 Å². The standard InChI is InChI=1S/C14H19N5/c1-9-5-6-11(7-12(9)19(3)4)17-13-10(2)8-16-14(15)18-13/h5-8H,1-4H3,(H3,15,16,17,18). The zero-order valence-corrected chi connectivity index (χ0v) is 11.7. The molecule has 1 aromatic carbocycles. The van der Waals surface area contributed by atoms with Gasteiger partial charge < -0.3 is 16.0 Å². The normalized spacial score (nSPS) is 10.3. The number of aryl methyl sites for hydroxylation is 2. The molecule has 3 N–H and O–H groups in total. The quantitative estimate of drug-likeness (QED) is 0.884. The van der Waals surface area contributed by atoms with Crippen molar-refractivity contribution in [3.05, 3.63) is 35.5 Å². The number of hydrogen-bond donors (Lipinski definition) is 2. The molecule has 0 fully saturated rings. The van der Waals surface area contributed by atoms with Crippen molar-refractivity contribution in [3.63, 3.8) is 0 Å². The van der Waals surface area contributed by atoms with Crippen molar-refractivity contribution in [3.8, 4) is 0 Å². The molecular formula is C14H19N5. The molecule has 0 radical (unpaired) electrons. The molecule has 0 aliphatic carbocycles. The van der Waals surface area contributed by atoms with Crippen molar-refractivity contribution in [2.75, 3.05) is 30.0 Å². The number of rotatable bonds is 3. The van der Waals surface area contributed by atoms with Gasteiger partial charge in [0.15, 0.2) is 0 Å². The van der Waals surface area contributed by atoms with E-state index in [2.05, 4.69) is 39.2 Å². The van der Waals surface area contributed by atoms with Crippen LogP contribution in [0.1, 0.15) is 11.1 Å². The van der Waals surface area contributed by atoms with E-state index in [9.17, 15) is 0 Å². The highest BCUT2D eigenvalue weighted by Crippen LogP contribution is 2.25. The second-order valence-corrected chi connectivity index (χ2v) is 4.78. The number of aromatic nitrogens is 2. The first kappa shape index (κ1) is 13.1. The molecule has 1 aromatic heterocycles. The molecule has 0 aliphatic heterocycles. The monoisotopic (exact) mass is 257 g/mol. The third kappa shape index (κ3) is 2.93. The maximum atomic E-state index is 5.61. The SMILES string of the molecule is Cc1ccc(Nc2nc(N)ncc2C)cc1N(C)C. The Morgan fingerprint density at radius 3 is 2.58 bits per heavy atom. The minimum absolute atomic E-state index is 0.271. The van der Waals surface area contributed by atoms with Gasteiger partial charge in [-0.25, -0.2) is 4.98 Å². The number of anilines is 4. The van der Waals surface area contributed by atoms with Gasteiger partial charge in [-0.1, -0.05) is 6.07 Å². The second-order valence-electron chi connectivity index (χ2n) is 4.78. The average molecular weight is 257 g/mol. The molecule has 0 spiro atoms. The molecule has 5 nitrogen and oxygen atoms in total. The molecule has 1 heterocycles. The molecule has 0 atom stereocenters. The van der Waals surface area contributed by atoms with Crippen LogP contribution in [0.5, 0.6) is 0 Å². The summed E-state index contributed by atoms with van der Waals surface area (Å²) in [5.41, 5.74) is 9.96. The Morgan fingerprint density at radius 1 is 1.16 bits per heavy atom. The summed E-state index contributed by atoms with van der Waals surface area (Å²) < 4.78 is 0. The lowest BCUT2D eigenvalue weighted by Crippen LogP contribution is -2.10. The first-order valence-electron chi connectivity index (χ1n) is 6.11. The van der Waals surface area contributed by atoms with E-state index in [1.54, 1.807) is 6.20 Å². The molecule has 0 aliphatic rings. The maximum absolute atomic E-state index is 5.61. The zero-order chi connectivity index (χ0) is 14.0. The summed E-state index contributed by atoms with van der Waals surface area (Å²) in [6, 6.07) is 6.20. The van der Waals surface area contributed by atoms with Gasteiger partial charge in [-0.2, -0.15) is 4.98 Å². The largest absolute Gasteiger partial charge is 0.377 e. The minimum Gasteiger partial charge on any atom is -0.377 e. The molecule has 5 heteroatoms. The Labute approximate surface area is 113 Å². The third-order valence-corrected chi connectivity index (χ3v) is 2.94. The number of nitrogens with zero attached hydrogens (tertiary/aromatic N) is 3. The number of nitrogens with two attached hydrogens (primary N) is 1. The van der Waals surface area contributed by atoms with Crippen molar-refractivity contribution >= 4 is 23.1 Å². The molecule has 19 heavy (non-hydrogen) atoms. The van der Waals surface area contributed by atoms with Gasteiger partial charge >= 0.3 is 0 Å². The van der Waals surface area contributed by atoms with E-state index >= 15 is 0 Å². The highest BCUT2D eigenvalue weighted by Gasteiger charge is 2.05. The summed E-state index contributed by atoms with van der Waals surface area (Å²) in [5, 5.41) is 3.28. The number of benzene rings is 1. The Hall–Kier alpha value is -2.30. The van der Waals surface area contributed by atoms with E-state index in [1.807, 2.05) is 27.1 Å². The molecule has 0 amide bonds. The number of nitrogen functional groups attached to an aromatic ring is 1. The fourth-order valence-corrected chi connectivity index (χ4v) is 1.89. The van der Waals surface area contributed by atoms with Crippen LogP contribution in [0.15, 0.2) is 24.4 Å². The van der Waals surface area contributed by atoms with Crippen LogP contribution in [0.4, 0.5) is 23.1 Å². The van der Waals surface area contributed by atoms with Crippen LogP contribution in [0.2, 0.25) is 0 Å². The highest BCUT2D eigenvalue weighted by molar-refractivity contribution is 5.67. The summed E-state index contributed by atoms with van der Waals surface area (Å²) in [6.07, 6.45) is 1.71. The first-order chi connectivity index (χ1) is 8.97. The molecule has 100 valence electrons. The lowest BCUT2D eigenvalue weighted by molar-refractivity contribution is 1.11. The van der Waals surface area contributed by atoms with Gasteiger partial charge in [-0.3, -0.25) is 0 Å². The number of nitrogens with one attached hydrogen (secondary N) is 1. The van der Waals surface area contributed by atoms with Crippen molar-refractivity contribution in [1.82, 2.24) is 9.97 Å². The fraction of sp³-hybridized carbons (Fsp3) is 0.286. The second kappa shape index (κ2) is 5.14. The van der Waals surface area contributed by atoms with Gasteiger partial charge in [0.25, 0.3) is 0 Å². The van der Waals surface area contributed by atoms with Crippen LogP contribution in [-0.4, -0.2) is 24.1 Å². The Balaban J connectivity index is 2.33. The molecule has 0 saturated carbocycles. The van der Waals surface area contributed by atoms with Crippen LogP contribution in [0.25, 0.3) is 0 Å². The van der Waals surface area contributed by atoms with Gasteiger partial charge in [0, 0.05) is 37.2 Å². The van der Waals surface area contributed by atoms with Gasteiger partial charge in [0.1, 0.15) is 5.82 Å². The van der Waals surface area contributed by atoms with Crippen LogP contribution in [0, 0.1) is 13.8 Å². The van der Waals surface area contributed by atoms with E-state index in [0.29, 0.717) is 0 Å². The zero-order valence-electron chi connectivity index (χ0n) is 11.7. The van der Waals surface area contributed by atoms with Crippen molar-refractivity contribution in [1.29, 1.82) is 0 Å². The summed E-state index contributed by atoms with van der Waals surface area (Å²) in [7, 11) is 4.06. The Kier molecular flexibility index (Phi) is 3.55. The van der Waals surface area contributed by atoms with Gasteiger partial charge in [-0.05, 0) is 31.5 Å². The van der Waals surface area contributed by atoms with E-state index in [4.69, 9.17) is 5.73 Å². The Bertz CT molecular complexity index is 592. The lowest BCUT2D eigenvalue weighted by atomic mass is 10.1. The molecule has 2 rings (SSSR count). The van der Waals surface area contributed by atoms with Gasteiger partial charge in [0.05, 0.1) is 0 Å². The van der Waals surface area contributed by atoms with E-state index < -0.39 is 0 Å². The van der Waals surface area contributed by atoms with Gasteiger partial charge in [-0.15, -0.1) is 0 Å². The first-order valence-corrected chi connectivity index (χ1v) is 6.11.